The number of hydrogen-bond acceptors (Lipinski definition) is 2. The maximum Gasteiger partial charge on any atom is 0.429 e. The highest BCUT2D eigenvalue weighted by molar-refractivity contribution is 5.81. The van der Waals surface area contributed by atoms with E-state index in [1.54, 1.807) is 48.5 Å². The smallest absolute Gasteiger partial charge is 0.429 e. The Kier molecular flexibility index (Phi) is 3.38. The lowest BCUT2D eigenvalue weighted by Crippen LogP contribution is -2.19. The van der Waals surface area contributed by atoms with Gasteiger partial charge in [0.2, 0.25) is 6.10 Å². The second-order valence-electron chi connectivity index (χ2n) is 4.87. The van der Waals surface area contributed by atoms with Gasteiger partial charge in [0.1, 0.15) is 5.76 Å². The van der Waals surface area contributed by atoms with Gasteiger partial charge >= 0.3 is 6.18 Å². The van der Waals surface area contributed by atoms with E-state index >= 15 is 0 Å². The van der Waals surface area contributed by atoms with Crippen molar-refractivity contribution in [2.45, 2.75) is 12.3 Å². The molecule has 0 fully saturated rings. The van der Waals surface area contributed by atoms with Crippen LogP contribution in [-0.4, -0.2) is 6.18 Å². The van der Waals surface area contributed by atoms with Crippen LogP contribution in [0.4, 0.5) is 13.2 Å². The summed E-state index contributed by atoms with van der Waals surface area (Å²) >= 11 is 0. The van der Waals surface area contributed by atoms with Crippen molar-refractivity contribution in [1.29, 1.82) is 5.26 Å². The summed E-state index contributed by atoms with van der Waals surface area (Å²) in [6.45, 7) is 0. The molecule has 2 aromatic carbocycles. The summed E-state index contributed by atoms with van der Waals surface area (Å²) in [5.41, 5.74) is 1.72. The zero-order valence-electron chi connectivity index (χ0n) is 11.3. The highest BCUT2D eigenvalue weighted by Gasteiger charge is 2.48. The zero-order valence-corrected chi connectivity index (χ0v) is 11.3. The maximum atomic E-state index is 13.1. The summed E-state index contributed by atoms with van der Waals surface area (Å²) in [4.78, 5) is 0. The Labute approximate surface area is 125 Å². The molecule has 1 aliphatic heterocycles. The van der Waals surface area contributed by atoms with Crippen LogP contribution >= 0.6 is 0 Å². The number of nitrogens with zero attached hydrogens (tertiary/aromatic N) is 1. The first-order valence-electron chi connectivity index (χ1n) is 6.53. The van der Waals surface area contributed by atoms with E-state index < -0.39 is 12.3 Å². The molecule has 0 amide bonds. The molecule has 0 radical (unpaired) electrons. The lowest BCUT2D eigenvalue weighted by Gasteiger charge is -2.15. The van der Waals surface area contributed by atoms with Gasteiger partial charge in [0, 0.05) is 11.1 Å². The fourth-order valence-corrected chi connectivity index (χ4v) is 2.36. The van der Waals surface area contributed by atoms with Crippen LogP contribution in [0.15, 0.2) is 48.5 Å². The van der Waals surface area contributed by atoms with Crippen LogP contribution in [0.5, 0.6) is 0 Å². The molecular formula is C17H10F3NO. The van der Waals surface area contributed by atoms with Crippen LogP contribution in [0.2, 0.25) is 0 Å². The van der Waals surface area contributed by atoms with E-state index in [-0.39, 0.29) is 11.3 Å². The quantitative estimate of drug-likeness (QED) is 0.765. The van der Waals surface area contributed by atoms with E-state index in [4.69, 9.17) is 10.00 Å². The molecule has 1 aliphatic rings. The minimum atomic E-state index is -4.46. The minimum absolute atomic E-state index is 0.120. The molecule has 3 rings (SSSR count). The Morgan fingerprint density at radius 1 is 1.05 bits per heavy atom. The Morgan fingerprint density at radius 2 is 1.73 bits per heavy atom. The van der Waals surface area contributed by atoms with Crippen molar-refractivity contribution in [3.63, 3.8) is 0 Å². The van der Waals surface area contributed by atoms with E-state index in [9.17, 15) is 13.2 Å². The monoisotopic (exact) mass is 301 g/mol. The summed E-state index contributed by atoms with van der Waals surface area (Å²) in [6, 6.07) is 14.8. The molecule has 22 heavy (non-hydrogen) atoms. The van der Waals surface area contributed by atoms with Crippen molar-refractivity contribution in [3.8, 4) is 6.07 Å². The third kappa shape index (κ3) is 2.56. The molecule has 1 unspecified atom stereocenters. The minimum Gasteiger partial charge on any atom is -0.475 e. The summed E-state index contributed by atoms with van der Waals surface area (Å²) in [6.07, 6.45) is -4.85. The molecule has 0 N–H and O–H groups in total. The van der Waals surface area contributed by atoms with Gasteiger partial charge in [0.05, 0.1) is 11.6 Å². The topological polar surface area (TPSA) is 33.0 Å². The number of halogens is 3. The summed E-state index contributed by atoms with van der Waals surface area (Å²) in [7, 11) is 0. The molecule has 110 valence electrons. The zero-order chi connectivity index (χ0) is 15.7. The van der Waals surface area contributed by atoms with Crippen LogP contribution in [-0.2, 0) is 4.74 Å². The normalized spacial score (nSPS) is 18.6. The van der Waals surface area contributed by atoms with Gasteiger partial charge in [-0.2, -0.15) is 18.4 Å². The van der Waals surface area contributed by atoms with Gasteiger partial charge in [-0.05, 0) is 23.8 Å². The average Bonchev–Trinajstić information content (AvgIpc) is 2.87. The number of hydrogen-bond donors (Lipinski definition) is 0. The molecule has 1 heterocycles. The van der Waals surface area contributed by atoms with Crippen molar-refractivity contribution >= 4 is 11.8 Å². The highest BCUT2D eigenvalue weighted by atomic mass is 19.4. The molecule has 0 saturated heterocycles. The van der Waals surface area contributed by atoms with Gasteiger partial charge in [-0.15, -0.1) is 0 Å². The summed E-state index contributed by atoms with van der Waals surface area (Å²) in [5.74, 6) is 0.183. The van der Waals surface area contributed by atoms with Crippen LogP contribution in [0.1, 0.15) is 28.4 Å². The second kappa shape index (κ2) is 5.23. The largest absolute Gasteiger partial charge is 0.475 e. The van der Waals surface area contributed by atoms with Crippen molar-refractivity contribution in [3.05, 3.63) is 70.8 Å². The molecule has 0 saturated carbocycles. The molecule has 5 heteroatoms. The lowest BCUT2D eigenvalue weighted by molar-refractivity contribution is -0.201. The van der Waals surface area contributed by atoms with Crippen LogP contribution in [0.25, 0.3) is 11.8 Å². The molecule has 0 aromatic heterocycles. The first-order valence-corrected chi connectivity index (χ1v) is 6.53. The van der Waals surface area contributed by atoms with Gasteiger partial charge in [-0.3, -0.25) is 0 Å². The molecule has 2 nitrogen and oxygen atoms in total. The van der Waals surface area contributed by atoms with E-state index in [1.165, 1.54) is 6.07 Å². The van der Waals surface area contributed by atoms with Gasteiger partial charge in [-0.1, -0.05) is 36.4 Å². The Bertz CT molecular complexity index is 770. The number of ether oxygens (including phenoxy) is 1. The van der Waals surface area contributed by atoms with Crippen molar-refractivity contribution in [2.24, 2.45) is 0 Å². The molecule has 0 spiro atoms. The van der Waals surface area contributed by atoms with E-state index in [0.29, 0.717) is 16.7 Å². The van der Waals surface area contributed by atoms with E-state index in [0.717, 1.165) is 0 Å². The van der Waals surface area contributed by atoms with Crippen molar-refractivity contribution in [2.75, 3.05) is 0 Å². The Balaban J connectivity index is 2.01. The predicted octanol–water partition coefficient (Wildman–Crippen LogP) is 4.69. The van der Waals surface area contributed by atoms with Crippen LogP contribution < -0.4 is 0 Å². The fourth-order valence-electron chi connectivity index (χ4n) is 2.36. The van der Waals surface area contributed by atoms with Gasteiger partial charge in [0.25, 0.3) is 0 Å². The first-order chi connectivity index (χ1) is 10.5. The molecule has 2 aromatic rings. The van der Waals surface area contributed by atoms with Gasteiger partial charge in [0.15, 0.2) is 0 Å². The lowest BCUT2D eigenvalue weighted by atomic mass is 10.0. The van der Waals surface area contributed by atoms with Gasteiger partial charge < -0.3 is 4.74 Å². The fraction of sp³-hybridized carbons (Fsp3) is 0.118. The number of alkyl halides is 3. The Hall–Kier alpha value is -2.74. The van der Waals surface area contributed by atoms with Crippen molar-refractivity contribution < 1.29 is 17.9 Å². The Morgan fingerprint density at radius 3 is 2.36 bits per heavy atom. The number of rotatable bonds is 1. The van der Waals surface area contributed by atoms with Gasteiger partial charge in [-0.25, -0.2) is 0 Å². The van der Waals surface area contributed by atoms with E-state index in [2.05, 4.69) is 0 Å². The third-order valence-electron chi connectivity index (χ3n) is 3.39. The second-order valence-corrected chi connectivity index (χ2v) is 4.87. The first kappa shape index (κ1) is 14.2. The molecule has 0 bridgehead atoms. The maximum absolute atomic E-state index is 13.1. The standard InChI is InChI=1S/C17H10F3NO/c18-17(19,20)16-14-4-2-1-3-13(14)15(22-16)9-11-5-7-12(10-21)8-6-11/h1-9,16H/b15-9-. The average molecular weight is 301 g/mol. The summed E-state index contributed by atoms with van der Waals surface area (Å²) in [5, 5.41) is 8.75. The molecule has 0 aliphatic carbocycles. The summed E-state index contributed by atoms with van der Waals surface area (Å²) < 4.78 is 44.3. The number of nitriles is 1. The van der Waals surface area contributed by atoms with Crippen molar-refractivity contribution in [1.82, 2.24) is 0 Å². The van der Waals surface area contributed by atoms with E-state index in [1.807, 2.05) is 6.07 Å². The highest BCUT2D eigenvalue weighted by Crippen LogP contribution is 2.47. The molecule has 1 atom stereocenters. The number of fused-ring (bicyclic) bond motifs is 1. The molecular weight excluding hydrogens is 291 g/mol. The third-order valence-corrected chi connectivity index (χ3v) is 3.39. The van der Waals surface area contributed by atoms with Crippen LogP contribution in [0.3, 0.4) is 0 Å². The SMILES string of the molecule is N#Cc1ccc(/C=C2\OC(C(F)(F)F)c3ccccc32)cc1. The number of benzene rings is 2. The van der Waals surface area contributed by atoms with Crippen LogP contribution in [0, 0.1) is 11.3 Å². The predicted molar refractivity (Wildman–Crippen MR) is 75.4 cm³/mol.